The van der Waals surface area contributed by atoms with Crippen LogP contribution in [0.1, 0.15) is 25.3 Å². The minimum Gasteiger partial charge on any atom is -0.395 e. The van der Waals surface area contributed by atoms with Crippen LogP contribution in [0.3, 0.4) is 0 Å². The number of aliphatic hydroxyl groups is 1. The normalized spacial score (nSPS) is 23.2. The van der Waals surface area contributed by atoms with Gasteiger partial charge >= 0.3 is 0 Å². The SMILES string of the molecule is C=CC(CO)(Cc1ccccc1)C1CCCN(CC)C1. The van der Waals surface area contributed by atoms with Crippen LogP contribution in [0.15, 0.2) is 43.0 Å². The van der Waals surface area contributed by atoms with Gasteiger partial charge in [0.1, 0.15) is 0 Å². The van der Waals surface area contributed by atoms with Crippen LogP contribution in [0.4, 0.5) is 0 Å². The van der Waals surface area contributed by atoms with Gasteiger partial charge in [-0.1, -0.05) is 43.3 Å². The van der Waals surface area contributed by atoms with Crippen molar-refractivity contribution in [3.05, 3.63) is 48.6 Å². The lowest BCUT2D eigenvalue weighted by Gasteiger charge is -2.43. The van der Waals surface area contributed by atoms with Crippen LogP contribution in [0.5, 0.6) is 0 Å². The summed E-state index contributed by atoms with van der Waals surface area (Å²) >= 11 is 0. The molecule has 0 saturated carbocycles. The van der Waals surface area contributed by atoms with Gasteiger partial charge in [-0.25, -0.2) is 0 Å². The molecule has 0 aromatic heterocycles. The first-order chi connectivity index (χ1) is 9.74. The van der Waals surface area contributed by atoms with Crippen LogP contribution in [0.25, 0.3) is 0 Å². The third-order valence-corrected chi connectivity index (χ3v) is 4.84. The molecular formula is C18H27NO. The first kappa shape index (κ1) is 15.3. The predicted molar refractivity (Wildman–Crippen MR) is 84.7 cm³/mol. The van der Waals surface area contributed by atoms with Crippen LogP contribution >= 0.6 is 0 Å². The van der Waals surface area contributed by atoms with E-state index in [2.05, 4.69) is 42.7 Å². The summed E-state index contributed by atoms with van der Waals surface area (Å²) in [6, 6.07) is 10.5. The van der Waals surface area contributed by atoms with Crippen LogP contribution in [-0.2, 0) is 6.42 Å². The molecule has 1 aliphatic heterocycles. The molecule has 2 rings (SSSR count). The third-order valence-electron chi connectivity index (χ3n) is 4.84. The zero-order valence-corrected chi connectivity index (χ0v) is 12.6. The quantitative estimate of drug-likeness (QED) is 0.805. The van der Waals surface area contributed by atoms with Crippen molar-refractivity contribution in [1.82, 2.24) is 4.90 Å². The molecule has 2 heteroatoms. The number of hydrogen-bond donors (Lipinski definition) is 1. The van der Waals surface area contributed by atoms with E-state index in [4.69, 9.17) is 0 Å². The summed E-state index contributed by atoms with van der Waals surface area (Å²) in [6.07, 6.45) is 5.30. The average Bonchev–Trinajstić information content (AvgIpc) is 2.54. The second-order valence-corrected chi connectivity index (χ2v) is 5.99. The van der Waals surface area contributed by atoms with Gasteiger partial charge in [-0.15, -0.1) is 6.58 Å². The lowest BCUT2D eigenvalue weighted by Crippen LogP contribution is -2.45. The van der Waals surface area contributed by atoms with E-state index in [0.29, 0.717) is 5.92 Å². The van der Waals surface area contributed by atoms with Crippen LogP contribution < -0.4 is 0 Å². The zero-order chi connectivity index (χ0) is 14.4. The number of hydrogen-bond acceptors (Lipinski definition) is 2. The molecule has 20 heavy (non-hydrogen) atoms. The third kappa shape index (κ3) is 3.31. The molecule has 0 radical (unpaired) electrons. The molecule has 1 fully saturated rings. The maximum atomic E-state index is 10.1. The number of nitrogens with zero attached hydrogens (tertiary/aromatic N) is 1. The van der Waals surface area contributed by atoms with Crippen molar-refractivity contribution < 1.29 is 5.11 Å². The largest absolute Gasteiger partial charge is 0.395 e. The van der Waals surface area contributed by atoms with Crippen molar-refractivity contribution >= 4 is 0 Å². The number of likely N-dealkylation sites (tertiary alicyclic amines) is 1. The molecule has 1 saturated heterocycles. The van der Waals surface area contributed by atoms with Gasteiger partial charge in [-0.2, -0.15) is 0 Å². The summed E-state index contributed by atoms with van der Waals surface area (Å²) in [5, 5.41) is 10.1. The second kappa shape index (κ2) is 7.05. The number of rotatable bonds is 6. The van der Waals surface area contributed by atoms with Crippen molar-refractivity contribution in [1.29, 1.82) is 0 Å². The molecule has 2 unspecified atom stereocenters. The molecule has 1 N–H and O–H groups in total. The van der Waals surface area contributed by atoms with E-state index in [9.17, 15) is 5.11 Å². The highest BCUT2D eigenvalue weighted by Crippen LogP contribution is 2.38. The van der Waals surface area contributed by atoms with E-state index < -0.39 is 0 Å². The number of piperidine rings is 1. The smallest absolute Gasteiger partial charge is 0.0528 e. The summed E-state index contributed by atoms with van der Waals surface area (Å²) in [4.78, 5) is 2.49. The van der Waals surface area contributed by atoms with E-state index in [1.165, 1.54) is 24.9 Å². The highest BCUT2D eigenvalue weighted by molar-refractivity contribution is 5.19. The average molecular weight is 273 g/mol. The lowest BCUT2D eigenvalue weighted by molar-refractivity contribution is 0.0504. The van der Waals surface area contributed by atoms with Crippen molar-refractivity contribution in [3.8, 4) is 0 Å². The first-order valence-corrected chi connectivity index (χ1v) is 7.75. The van der Waals surface area contributed by atoms with Crippen molar-refractivity contribution in [2.75, 3.05) is 26.2 Å². The fourth-order valence-corrected chi connectivity index (χ4v) is 3.42. The van der Waals surface area contributed by atoms with Gasteiger partial charge in [0.2, 0.25) is 0 Å². The molecule has 1 aliphatic rings. The molecular weight excluding hydrogens is 246 g/mol. The van der Waals surface area contributed by atoms with Crippen molar-refractivity contribution in [2.45, 2.75) is 26.2 Å². The topological polar surface area (TPSA) is 23.5 Å². The van der Waals surface area contributed by atoms with Crippen molar-refractivity contribution in [3.63, 3.8) is 0 Å². The molecule has 0 amide bonds. The van der Waals surface area contributed by atoms with E-state index in [1.54, 1.807) is 0 Å². The van der Waals surface area contributed by atoms with E-state index >= 15 is 0 Å². The van der Waals surface area contributed by atoms with Gasteiger partial charge in [0.25, 0.3) is 0 Å². The minimum atomic E-state index is -0.185. The fourth-order valence-electron chi connectivity index (χ4n) is 3.42. The molecule has 2 atom stereocenters. The fraction of sp³-hybridized carbons (Fsp3) is 0.556. The number of benzene rings is 1. The Bertz CT molecular complexity index is 417. The zero-order valence-electron chi connectivity index (χ0n) is 12.6. The van der Waals surface area contributed by atoms with Gasteiger partial charge in [0, 0.05) is 12.0 Å². The Labute approximate surface area is 123 Å². The van der Waals surface area contributed by atoms with Gasteiger partial charge < -0.3 is 10.0 Å². The Morgan fingerprint density at radius 2 is 2.15 bits per heavy atom. The summed E-state index contributed by atoms with van der Waals surface area (Å²) in [5.41, 5.74) is 1.10. The Balaban J connectivity index is 2.18. The van der Waals surface area contributed by atoms with E-state index in [1.807, 2.05) is 12.1 Å². The summed E-state index contributed by atoms with van der Waals surface area (Å²) in [5.74, 6) is 0.499. The predicted octanol–water partition coefficient (Wildman–Crippen LogP) is 3.13. The van der Waals surface area contributed by atoms with E-state index in [0.717, 1.165) is 19.5 Å². The Kier molecular flexibility index (Phi) is 5.38. The van der Waals surface area contributed by atoms with Gasteiger partial charge in [0.05, 0.1) is 6.61 Å². The maximum Gasteiger partial charge on any atom is 0.0528 e. The van der Waals surface area contributed by atoms with Crippen LogP contribution in [-0.4, -0.2) is 36.2 Å². The molecule has 2 nitrogen and oxygen atoms in total. The molecule has 0 aliphatic carbocycles. The molecule has 110 valence electrons. The van der Waals surface area contributed by atoms with Gasteiger partial charge in [-0.05, 0) is 43.8 Å². The molecule has 1 heterocycles. The molecule has 0 spiro atoms. The lowest BCUT2D eigenvalue weighted by atomic mass is 9.68. The Morgan fingerprint density at radius 3 is 2.75 bits per heavy atom. The summed E-state index contributed by atoms with van der Waals surface area (Å²) < 4.78 is 0. The molecule has 0 bridgehead atoms. The summed E-state index contributed by atoms with van der Waals surface area (Å²) in [7, 11) is 0. The van der Waals surface area contributed by atoms with Crippen LogP contribution in [0, 0.1) is 11.3 Å². The minimum absolute atomic E-state index is 0.185. The monoisotopic (exact) mass is 273 g/mol. The van der Waals surface area contributed by atoms with Gasteiger partial charge in [-0.3, -0.25) is 0 Å². The van der Waals surface area contributed by atoms with E-state index in [-0.39, 0.29) is 12.0 Å². The Hall–Kier alpha value is -1.12. The van der Waals surface area contributed by atoms with Gasteiger partial charge in [0.15, 0.2) is 0 Å². The van der Waals surface area contributed by atoms with Crippen molar-refractivity contribution in [2.24, 2.45) is 11.3 Å². The second-order valence-electron chi connectivity index (χ2n) is 5.99. The maximum absolute atomic E-state index is 10.1. The highest BCUT2D eigenvalue weighted by Gasteiger charge is 2.37. The number of aliphatic hydroxyl groups excluding tert-OH is 1. The summed E-state index contributed by atoms with van der Waals surface area (Å²) in [6.45, 7) is 9.82. The molecule has 1 aromatic carbocycles. The highest BCUT2D eigenvalue weighted by atomic mass is 16.3. The van der Waals surface area contributed by atoms with Crippen LogP contribution in [0.2, 0.25) is 0 Å². The Morgan fingerprint density at radius 1 is 1.40 bits per heavy atom. The standard InChI is InChI=1S/C18H27NO/c1-3-18(15-20,13-16-9-6-5-7-10-16)17-11-8-12-19(4-2)14-17/h3,5-7,9-10,17,20H,1,4,8,11-15H2,2H3. The molecule has 1 aromatic rings. The first-order valence-electron chi connectivity index (χ1n) is 7.75.